The maximum absolute atomic E-state index is 10.7. The van der Waals surface area contributed by atoms with E-state index >= 15 is 0 Å². The average Bonchev–Trinajstić information content (AvgIpc) is 2.64. The first-order valence-electron chi connectivity index (χ1n) is 6.98. The lowest BCUT2D eigenvalue weighted by Gasteiger charge is -2.36. The van der Waals surface area contributed by atoms with Crippen LogP contribution in [0.2, 0.25) is 0 Å². The fourth-order valence-electron chi connectivity index (χ4n) is 3.06. The number of aliphatic hydroxyl groups is 1. The minimum absolute atomic E-state index is 0.385. The second kappa shape index (κ2) is 5.85. The molecule has 18 heavy (non-hydrogen) atoms. The van der Waals surface area contributed by atoms with E-state index in [1.54, 1.807) is 7.11 Å². The normalized spacial score (nSPS) is 21.3. The molecule has 0 amide bonds. The fourth-order valence-corrected chi connectivity index (χ4v) is 3.06. The van der Waals surface area contributed by atoms with Gasteiger partial charge >= 0.3 is 0 Å². The number of benzene rings is 1. The molecule has 1 N–H and O–H groups in total. The summed E-state index contributed by atoms with van der Waals surface area (Å²) >= 11 is 0. The molecule has 1 aliphatic carbocycles. The van der Waals surface area contributed by atoms with Crippen LogP contribution in [0, 0.1) is 6.92 Å². The van der Waals surface area contributed by atoms with Gasteiger partial charge in [0, 0.05) is 7.11 Å². The van der Waals surface area contributed by atoms with Crippen LogP contribution in [0.5, 0.6) is 0 Å². The molecule has 100 valence electrons. The van der Waals surface area contributed by atoms with Crippen LogP contribution in [-0.2, 0) is 4.74 Å². The van der Waals surface area contributed by atoms with E-state index in [1.807, 2.05) is 12.1 Å². The van der Waals surface area contributed by atoms with Gasteiger partial charge in [0.1, 0.15) is 6.10 Å². The van der Waals surface area contributed by atoms with Gasteiger partial charge in [0.05, 0.1) is 5.60 Å². The molecule has 0 bridgehead atoms. The second-order valence-electron chi connectivity index (χ2n) is 5.50. The first-order valence-corrected chi connectivity index (χ1v) is 6.98. The zero-order valence-corrected chi connectivity index (χ0v) is 11.5. The summed E-state index contributed by atoms with van der Waals surface area (Å²) in [6, 6.07) is 8.14. The molecule has 1 saturated carbocycles. The topological polar surface area (TPSA) is 29.5 Å². The lowest BCUT2D eigenvalue weighted by atomic mass is 9.84. The third-order valence-electron chi connectivity index (χ3n) is 4.21. The summed E-state index contributed by atoms with van der Waals surface area (Å²) in [6.07, 6.45) is 6.21. The largest absolute Gasteiger partial charge is 0.385 e. The van der Waals surface area contributed by atoms with Gasteiger partial charge in [-0.25, -0.2) is 0 Å². The van der Waals surface area contributed by atoms with Crippen molar-refractivity contribution in [3.63, 3.8) is 0 Å². The number of rotatable bonds is 3. The third kappa shape index (κ3) is 2.76. The Morgan fingerprint density at radius 2 is 1.83 bits per heavy atom. The van der Waals surface area contributed by atoms with E-state index in [1.165, 1.54) is 18.4 Å². The SMILES string of the molecule is COC1(C(O)c2cccc(C)c2)CCCCCC1. The van der Waals surface area contributed by atoms with Crippen LogP contribution in [0.25, 0.3) is 0 Å². The molecule has 0 spiro atoms. The molecule has 1 atom stereocenters. The van der Waals surface area contributed by atoms with Gasteiger partial charge < -0.3 is 9.84 Å². The van der Waals surface area contributed by atoms with Crippen LogP contribution in [0.3, 0.4) is 0 Å². The van der Waals surface area contributed by atoms with Gasteiger partial charge in [-0.15, -0.1) is 0 Å². The zero-order valence-electron chi connectivity index (χ0n) is 11.5. The van der Waals surface area contributed by atoms with Gasteiger partial charge in [0.2, 0.25) is 0 Å². The van der Waals surface area contributed by atoms with E-state index in [-0.39, 0.29) is 5.60 Å². The van der Waals surface area contributed by atoms with Crippen molar-refractivity contribution >= 4 is 0 Å². The van der Waals surface area contributed by atoms with Gasteiger partial charge in [-0.1, -0.05) is 55.5 Å². The molecule has 0 heterocycles. The smallest absolute Gasteiger partial charge is 0.108 e. The number of aryl methyl sites for hydroxylation is 1. The molecule has 1 aromatic carbocycles. The molecular formula is C16H24O2. The molecule has 2 heteroatoms. The molecule has 0 aliphatic heterocycles. The summed E-state index contributed by atoms with van der Waals surface area (Å²) in [4.78, 5) is 0. The highest BCUT2D eigenvalue weighted by atomic mass is 16.5. The minimum Gasteiger partial charge on any atom is -0.385 e. The predicted molar refractivity (Wildman–Crippen MR) is 73.6 cm³/mol. The first-order chi connectivity index (χ1) is 8.68. The number of hydrogen-bond acceptors (Lipinski definition) is 2. The second-order valence-corrected chi connectivity index (χ2v) is 5.50. The maximum atomic E-state index is 10.7. The molecule has 1 aliphatic rings. The Morgan fingerprint density at radius 3 is 2.39 bits per heavy atom. The van der Waals surface area contributed by atoms with E-state index in [0.717, 1.165) is 31.2 Å². The van der Waals surface area contributed by atoms with Gasteiger partial charge in [-0.3, -0.25) is 0 Å². The molecule has 0 radical (unpaired) electrons. The standard InChI is InChI=1S/C16H24O2/c1-13-8-7-9-14(12-13)15(17)16(18-2)10-5-3-4-6-11-16/h7-9,12,15,17H,3-6,10-11H2,1-2H3. The Balaban J connectivity index is 2.25. The molecule has 0 aromatic heterocycles. The van der Waals surface area contributed by atoms with Crippen molar-refractivity contribution in [3.05, 3.63) is 35.4 Å². The Kier molecular flexibility index (Phi) is 4.41. The van der Waals surface area contributed by atoms with E-state index in [9.17, 15) is 5.11 Å². The summed E-state index contributed by atoms with van der Waals surface area (Å²) in [7, 11) is 1.74. The van der Waals surface area contributed by atoms with Gasteiger partial charge in [-0.2, -0.15) is 0 Å². The third-order valence-corrected chi connectivity index (χ3v) is 4.21. The van der Waals surface area contributed by atoms with Crippen molar-refractivity contribution in [3.8, 4) is 0 Å². The number of methoxy groups -OCH3 is 1. The average molecular weight is 248 g/mol. The molecule has 1 unspecified atom stereocenters. The van der Waals surface area contributed by atoms with Crippen LogP contribution >= 0.6 is 0 Å². The Labute approximate surface area is 110 Å². The Morgan fingerprint density at radius 1 is 1.17 bits per heavy atom. The lowest BCUT2D eigenvalue weighted by Crippen LogP contribution is -2.38. The van der Waals surface area contributed by atoms with Crippen molar-refractivity contribution in [1.82, 2.24) is 0 Å². The molecular weight excluding hydrogens is 224 g/mol. The van der Waals surface area contributed by atoms with Gasteiger partial charge in [0.15, 0.2) is 0 Å². The highest BCUT2D eigenvalue weighted by Crippen LogP contribution is 2.40. The van der Waals surface area contributed by atoms with Crippen LogP contribution < -0.4 is 0 Å². The summed E-state index contributed by atoms with van der Waals surface area (Å²) in [5.41, 5.74) is 1.79. The monoisotopic (exact) mass is 248 g/mol. The van der Waals surface area contributed by atoms with Crippen molar-refractivity contribution in [2.24, 2.45) is 0 Å². The van der Waals surface area contributed by atoms with E-state index in [2.05, 4.69) is 19.1 Å². The van der Waals surface area contributed by atoms with Crippen LogP contribution in [0.15, 0.2) is 24.3 Å². The number of aliphatic hydroxyl groups excluding tert-OH is 1. The van der Waals surface area contributed by atoms with E-state index < -0.39 is 6.10 Å². The fraction of sp³-hybridized carbons (Fsp3) is 0.625. The van der Waals surface area contributed by atoms with Crippen molar-refractivity contribution in [1.29, 1.82) is 0 Å². The van der Waals surface area contributed by atoms with Crippen molar-refractivity contribution in [2.75, 3.05) is 7.11 Å². The molecule has 1 fully saturated rings. The Bertz CT molecular complexity index is 378. The summed E-state index contributed by atoms with van der Waals surface area (Å²) in [5, 5.41) is 10.7. The first kappa shape index (κ1) is 13.6. The zero-order chi connectivity index (χ0) is 13.0. The van der Waals surface area contributed by atoms with Gasteiger partial charge in [-0.05, 0) is 25.3 Å². The molecule has 1 aromatic rings. The lowest BCUT2D eigenvalue weighted by molar-refractivity contribution is -0.114. The number of hydrogen-bond donors (Lipinski definition) is 1. The van der Waals surface area contributed by atoms with Crippen molar-refractivity contribution in [2.45, 2.75) is 57.2 Å². The molecule has 2 nitrogen and oxygen atoms in total. The van der Waals surface area contributed by atoms with E-state index in [0.29, 0.717) is 0 Å². The Hall–Kier alpha value is -0.860. The van der Waals surface area contributed by atoms with Gasteiger partial charge in [0.25, 0.3) is 0 Å². The van der Waals surface area contributed by atoms with Crippen molar-refractivity contribution < 1.29 is 9.84 Å². The number of ether oxygens (including phenoxy) is 1. The quantitative estimate of drug-likeness (QED) is 0.825. The summed E-state index contributed by atoms with van der Waals surface area (Å²) in [5.74, 6) is 0. The highest BCUT2D eigenvalue weighted by Gasteiger charge is 2.39. The molecule has 0 saturated heterocycles. The van der Waals surface area contributed by atoms with Crippen LogP contribution in [0.4, 0.5) is 0 Å². The summed E-state index contributed by atoms with van der Waals surface area (Å²) in [6.45, 7) is 2.06. The van der Waals surface area contributed by atoms with Crippen LogP contribution in [0.1, 0.15) is 55.8 Å². The minimum atomic E-state index is -0.513. The maximum Gasteiger partial charge on any atom is 0.108 e. The summed E-state index contributed by atoms with van der Waals surface area (Å²) < 4.78 is 5.76. The molecule has 2 rings (SSSR count). The van der Waals surface area contributed by atoms with E-state index in [4.69, 9.17) is 4.74 Å². The predicted octanol–water partition coefficient (Wildman–Crippen LogP) is 3.77. The van der Waals surface area contributed by atoms with Crippen LogP contribution in [-0.4, -0.2) is 17.8 Å². The highest BCUT2D eigenvalue weighted by molar-refractivity contribution is 5.26.